The summed E-state index contributed by atoms with van der Waals surface area (Å²) in [7, 11) is 0. The highest BCUT2D eigenvalue weighted by Gasteiger charge is 2.31. The van der Waals surface area contributed by atoms with E-state index in [1.807, 2.05) is 0 Å². The molecule has 138 valence electrons. The molecule has 0 fully saturated rings. The third kappa shape index (κ3) is 4.36. The number of ketones is 1. The zero-order valence-electron chi connectivity index (χ0n) is 13.9. The minimum atomic E-state index is -4.48. The molecular formula is C20H14F4N2O. The van der Waals surface area contributed by atoms with Crippen LogP contribution in [0.4, 0.5) is 17.6 Å². The summed E-state index contributed by atoms with van der Waals surface area (Å²) in [5, 5.41) is 0. The Hall–Kier alpha value is -3.09. The molecule has 0 spiro atoms. The third-order valence-corrected chi connectivity index (χ3v) is 4.10. The SMILES string of the molecule is O=C(C[C@@H](c1ccc(C(F)(F)F)cc1)c1ncccc1F)c1ccccn1. The second-order valence-electron chi connectivity index (χ2n) is 5.89. The smallest absolute Gasteiger partial charge is 0.292 e. The van der Waals surface area contributed by atoms with E-state index in [1.165, 1.54) is 42.7 Å². The van der Waals surface area contributed by atoms with Crippen LogP contribution in [0.2, 0.25) is 0 Å². The lowest BCUT2D eigenvalue weighted by Crippen LogP contribution is -2.13. The van der Waals surface area contributed by atoms with Gasteiger partial charge in [0.05, 0.1) is 11.3 Å². The number of Topliss-reactive ketones (excluding diaryl/α,β-unsaturated/α-hetero) is 1. The number of rotatable bonds is 5. The van der Waals surface area contributed by atoms with Crippen LogP contribution in [0, 0.1) is 5.82 Å². The van der Waals surface area contributed by atoms with Crippen LogP contribution in [0.3, 0.4) is 0 Å². The zero-order valence-corrected chi connectivity index (χ0v) is 13.9. The second kappa shape index (κ2) is 7.65. The van der Waals surface area contributed by atoms with Crippen molar-refractivity contribution in [3.63, 3.8) is 0 Å². The normalized spacial score (nSPS) is 12.6. The highest BCUT2D eigenvalue weighted by molar-refractivity contribution is 5.94. The first-order valence-electron chi connectivity index (χ1n) is 8.08. The van der Waals surface area contributed by atoms with Gasteiger partial charge in [-0.3, -0.25) is 14.8 Å². The summed E-state index contributed by atoms with van der Waals surface area (Å²) in [5.74, 6) is -1.82. The van der Waals surface area contributed by atoms with E-state index in [9.17, 15) is 22.4 Å². The fraction of sp³-hybridized carbons (Fsp3) is 0.150. The Morgan fingerprint density at radius 2 is 1.63 bits per heavy atom. The van der Waals surface area contributed by atoms with Gasteiger partial charge in [-0.25, -0.2) is 4.39 Å². The minimum absolute atomic E-state index is 0.00143. The molecule has 0 aliphatic rings. The average Bonchev–Trinajstić information content (AvgIpc) is 2.67. The van der Waals surface area contributed by atoms with Crippen LogP contribution < -0.4 is 0 Å². The first-order valence-corrected chi connectivity index (χ1v) is 8.08. The van der Waals surface area contributed by atoms with Crippen LogP contribution in [0.1, 0.15) is 39.6 Å². The molecule has 0 N–H and O–H groups in total. The summed E-state index contributed by atoms with van der Waals surface area (Å²) in [6.07, 6.45) is -1.81. The Morgan fingerprint density at radius 1 is 0.926 bits per heavy atom. The van der Waals surface area contributed by atoms with Crippen LogP contribution in [0.15, 0.2) is 67.0 Å². The summed E-state index contributed by atoms with van der Waals surface area (Å²) in [6.45, 7) is 0. The van der Waals surface area contributed by atoms with Gasteiger partial charge >= 0.3 is 6.18 Å². The van der Waals surface area contributed by atoms with Gasteiger partial charge in [0.1, 0.15) is 11.5 Å². The van der Waals surface area contributed by atoms with Crippen LogP contribution in [0.25, 0.3) is 0 Å². The van der Waals surface area contributed by atoms with E-state index in [-0.39, 0.29) is 23.6 Å². The van der Waals surface area contributed by atoms with Crippen LogP contribution >= 0.6 is 0 Å². The van der Waals surface area contributed by atoms with Crippen molar-refractivity contribution in [1.29, 1.82) is 0 Å². The Balaban J connectivity index is 1.98. The van der Waals surface area contributed by atoms with Gasteiger partial charge in [0.15, 0.2) is 5.78 Å². The maximum Gasteiger partial charge on any atom is 0.416 e. The van der Waals surface area contributed by atoms with Gasteiger partial charge in [-0.1, -0.05) is 18.2 Å². The highest BCUT2D eigenvalue weighted by atomic mass is 19.4. The number of hydrogen-bond acceptors (Lipinski definition) is 3. The van der Waals surface area contributed by atoms with Gasteiger partial charge < -0.3 is 0 Å². The molecular weight excluding hydrogens is 360 g/mol. The summed E-state index contributed by atoms with van der Waals surface area (Å²) in [5.41, 5.74) is -0.250. The number of alkyl halides is 3. The van der Waals surface area contributed by atoms with Crippen molar-refractivity contribution in [2.24, 2.45) is 0 Å². The van der Waals surface area contributed by atoms with Crippen molar-refractivity contribution < 1.29 is 22.4 Å². The summed E-state index contributed by atoms with van der Waals surface area (Å²) >= 11 is 0. The number of pyridine rings is 2. The number of nitrogens with zero attached hydrogens (tertiary/aromatic N) is 2. The number of benzene rings is 1. The first-order chi connectivity index (χ1) is 12.9. The predicted molar refractivity (Wildman–Crippen MR) is 90.7 cm³/mol. The number of aromatic nitrogens is 2. The molecule has 0 saturated heterocycles. The van der Waals surface area contributed by atoms with Crippen molar-refractivity contribution in [1.82, 2.24) is 9.97 Å². The maximum atomic E-state index is 14.3. The molecule has 0 aliphatic heterocycles. The van der Waals surface area contributed by atoms with Crippen LogP contribution in [0.5, 0.6) is 0 Å². The topological polar surface area (TPSA) is 42.9 Å². The minimum Gasteiger partial charge on any atom is -0.292 e. The molecule has 0 unspecified atom stereocenters. The fourth-order valence-corrected chi connectivity index (χ4v) is 2.75. The lowest BCUT2D eigenvalue weighted by Gasteiger charge is -2.18. The summed E-state index contributed by atoms with van der Waals surface area (Å²) in [4.78, 5) is 20.5. The molecule has 0 saturated carbocycles. The van der Waals surface area contributed by atoms with Crippen molar-refractivity contribution in [2.75, 3.05) is 0 Å². The number of carbonyl (C=O) groups excluding carboxylic acids is 1. The lowest BCUT2D eigenvalue weighted by atomic mass is 9.88. The van der Waals surface area contributed by atoms with Crippen molar-refractivity contribution in [2.45, 2.75) is 18.5 Å². The van der Waals surface area contributed by atoms with E-state index in [0.717, 1.165) is 12.1 Å². The largest absolute Gasteiger partial charge is 0.416 e. The van der Waals surface area contributed by atoms with Crippen molar-refractivity contribution >= 4 is 5.78 Å². The molecule has 0 radical (unpaired) electrons. The second-order valence-corrected chi connectivity index (χ2v) is 5.89. The molecule has 0 aliphatic carbocycles. The lowest BCUT2D eigenvalue weighted by molar-refractivity contribution is -0.137. The molecule has 0 bridgehead atoms. The Bertz CT molecular complexity index is 925. The van der Waals surface area contributed by atoms with Crippen LogP contribution in [-0.2, 0) is 6.18 Å². The number of carbonyl (C=O) groups is 1. The van der Waals surface area contributed by atoms with Gasteiger partial charge in [0.2, 0.25) is 0 Å². The molecule has 1 aromatic carbocycles. The number of halogens is 4. The first kappa shape index (κ1) is 18.7. The van der Waals surface area contributed by atoms with Gasteiger partial charge in [0, 0.05) is 24.7 Å². The van der Waals surface area contributed by atoms with Gasteiger partial charge in [-0.05, 0) is 42.0 Å². The maximum absolute atomic E-state index is 14.3. The molecule has 1 atom stereocenters. The van der Waals surface area contributed by atoms with Gasteiger partial charge in [-0.15, -0.1) is 0 Å². The van der Waals surface area contributed by atoms with E-state index >= 15 is 0 Å². The van der Waals surface area contributed by atoms with E-state index in [0.29, 0.717) is 5.56 Å². The summed E-state index contributed by atoms with van der Waals surface area (Å²) < 4.78 is 52.7. The molecule has 2 aromatic heterocycles. The Kier molecular flexibility index (Phi) is 5.30. The van der Waals surface area contributed by atoms with E-state index in [4.69, 9.17) is 0 Å². The molecule has 3 aromatic rings. The Morgan fingerprint density at radius 3 is 2.22 bits per heavy atom. The van der Waals surface area contributed by atoms with Crippen LogP contribution in [-0.4, -0.2) is 15.8 Å². The molecule has 3 rings (SSSR count). The van der Waals surface area contributed by atoms with E-state index in [2.05, 4.69) is 9.97 Å². The van der Waals surface area contributed by atoms with E-state index in [1.54, 1.807) is 12.1 Å². The van der Waals surface area contributed by atoms with Crippen molar-refractivity contribution in [3.8, 4) is 0 Å². The summed E-state index contributed by atoms with van der Waals surface area (Å²) in [6, 6.07) is 11.7. The molecule has 7 heteroatoms. The predicted octanol–water partition coefficient (Wildman–Crippen LogP) is 5.04. The molecule has 27 heavy (non-hydrogen) atoms. The molecule has 3 nitrogen and oxygen atoms in total. The number of hydrogen-bond donors (Lipinski definition) is 0. The van der Waals surface area contributed by atoms with Gasteiger partial charge in [0.25, 0.3) is 0 Å². The standard InChI is InChI=1S/C20H14F4N2O/c21-16-4-3-11-26-19(16)15(12-18(27)17-5-1-2-10-25-17)13-6-8-14(9-7-13)20(22,23)24/h1-11,15H,12H2/t15-/m0/s1. The quantitative estimate of drug-likeness (QED) is 0.464. The van der Waals surface area contributed by atoms with Gasteiger partial charge in [-0.2, -0.15) is 13.2 Å². The van der Waals surface area contributed by atoms with E-state index < -0.39 is 23.5 Å². The van der Waals surface area contributed by atoms with Crippen molar-refractivity contribution in [3.05, 3.63) is 95.3 Å². The molecule has 2 heterocycles. The third-order valence-electron chi connectivity index (χ3n) is 4.10. The zero-order chi connectivity index (χ0) is 19.4. The fourth-order valence-electron chi connectivity index (χ4n) is 2.75. The highest BCUT2D eigenvalue weighted by Crippen LogP contribution is 2.33. The Labute approximate surface area is 152 Å². The average molecular weight is 374 g/mol. The molecule has 0 amide bonds. The monoisotopic (exact) mass is 374 g/mol.